The highest BCUT2D eigenvalue weighted by Crippen LogP contribution is 2.29. The Kier molecular flexibility index (Phi) is 4.11. The van der Waals surface area contributed by atoms with E-state index in [1.807, 2.05) is 4.52 Å². The average Bonchev–Trinajstić information content (AvgIpc) is 3.29. The van der Waals surface area contributed by atoms with Gasteiger partial charge in [-0.05, 0) is 75.0 Å². The van der Waals surface area contributed by atoms with Crippen molar-refractivity contribution < 1.29 is 8.78 Å². The summed E-state index contributed by atoms with van der Waals surface area (Å²) in [5.41, 5.74) is 3.71. The minimum atomic E-state index is -0.394. The predicted octanol–water partition coefficient (Wildman–Crippen LogP) is 3.27. The van der Waals surface area contributed by atoms with Gasteiger partial charge in [0.1, 0.15) is 11.6 Å². The van der Waals surface area contributed by atoms with Gasteiger partial charge in [-0.2, -0.15) is 9.61 Å². The van der Waals surface area contributed by atoms with Gasteiger partial charge in [0.15, 0.2) is 11.5 Å². The van der Waals surface area contributed by atoms with Gasteiger partial charge >= 0.3 is 0 Å². The lowest BCUT2D eigenvalue weighted by molar-refractivity contribution is 0.198. The number of aryl methyl sites for hydroxylation is 2. The van der Waals surface area contributed by atoms with Crippen LogP contribution in [0.4, 0.5) is 8.78 Å². The van der Waals surface area contributed by atoms with Crippen molar-refractivity contribution >= 4 is 5.65 Å². The monoisotopic (exact) mass is 369 g/mol. The third-order valence-corrected chi connectivity index (χ3v) is 5.80. The van der Waals surface area contributed by atoms with E-state index in [0.717, 1.165) is 62.7 Å². The number of benzene rings is 1. The van der Waals surface area contributed by atoms with E-state index in [1.54, 1.807) is 0 Å². The van der Waals surface area contributed by atoms with E-state index >= 15 is 0 Å². The van der Waals surface area contributed by atoms with E-state index in [-0.39, 0.29) is 5.82 Å². The van der Waals surface area contributed by atoms with Gasteiger partial charge < -0.3 is 0 Å². The maximum atomic E-state index is 13.9. The van der Waals surface area contributed by atoms with Crippen molar-refractivity contribution in [2.45, 2.75) is 44.6 Å². The molecule has 7 heteroatoms. The summed E-state index contributed by atoms with van der Waals surface area (Å²) in [7, 11) is 0. The SMILES string of the molecule is Fc1ccc(F)c(CN2CCC(c3nnc4cc5c(nn34)CCC5)CC2)c1. The third-order valence-electron chi connectivity index (χ3n) is 5.80. The van der Waals surface area contributed by atoms with Gasteiger partial charge in [-0.1, -0.05) is 0 Å². The molecule has 27 heavy (non-hydrogen) atoms. The molecule has 0 spiro atoms. The molecule has 3 heterocycles. The summed E-state index contributed by atoms with van der Waals surface area (Å²) in [6.07, 6.45) is 5.09. The van der Waals surface area contributed by atoms with Gasteiger partial charge in [-0.3, -0.25) is 4.90 Å². The van der Waals surface area contributed by atoms with E-state index in [4.69, 9.17) is 5.10 Å². The van der Waals surface area contributed by atoms with Crippen molar-refractivity contribution in [1.82, 2.24) is 24.7 Å². The van der Waals surface area contributed by atoms with Crippen LogP contribution in [0.3, 0.4) is 0 Å². The minimum Gasteiger partial charge on any atom is -0.299 e. The summed E-state index contributed by atoms with van der Waals surface area (Å²) in [4.78, 5) is 2.17. The number of nitrogens with zero attached hydrogens (tertiary/aromatic N) is 5. The molecule has 0 amide bonds. The molecule has 0 N–H and O–H groups in total. The molecule has 1 saturated heterocycles. The first-order chi connectivity index (χ1) is 13.2. The van der Waals surface area contributed by atoms with Crippen molar-refractivity contribution in [2.24, 2.45) is 0 Å². The molecule has 0 radical (unpaired) electrons. The molecule has 5 nitrogen and oxygen atoms in total. The molecule has 1 aromatic carbocycles. The fourth-order valence-corrected chi connectivity index (χ4v) is 4.30. The first-order valence-corrected chi connectivity index (χ1v) is 9.58. The molecule has 2 aliphatic rings. The van der Waals surface area contributed by atoms with Gasteiger partial charge in [0.25, 0.3) is 0 Å². The number of halogens is 2. The Labute approximate surface area is 156 Å². The largest absolute Gasteiger partial charge is 0.299 e. The zero-order chi connectivity index (χ0) is 18.4. The summed E-state index contributed by atoms with van der Waals surface area (Å²) >= 11 is 0. The van der Waals surface area contributed by atoms with Crippen LogP contribution in [0, 0.1) is 11.6 Å². The second-order valence-electron chi connectivity index (χ2n) is 7.58. The maximum absolute atomic E-state index is 13.9. The predicted molar refractivity (Wildman–Crippen MR) is 96.4 cm³/mol. The Morgan fingerprint density at radius 2 is 1.89 bits per heavy atom. The van der Waals surface area contributed by atoms with Crippen LogP contribution in [0.15, 0.2) is 24.3 Å². The van der Waals surface area contributed by atoms with Crippen LogP contribution in [-0.2, 0) is 19.4 Å². The zero-order valence-corrected chi connectivity index (χ0v) is 15.0. The van der Waals surface area contributed by atoms with Crippen molar-refractivity contribution in [3.8, 4) is 0 Å². The molecule has 0 saturated carbocycles. The number of piperidine rings is 1. The Balaban J connectivity index is 1.31. The van der Waals surface area contributed by atoms with Crippen LogP contribution in [0.1, 0.15) is 47.8 Å². The number of hydrogen-bond donors (Lipinski definition) is 0. The van der Waals surface area contributed by atoms with E-state index in [1.165, 1.54) is 23.4 Å². The summed E-state index contributed by atoms with van der Waals surface area (Å²) < 4.78 is 29.2. The fraction of sp³-hybridized carbons (Fsp3) is 0.450. The third kappa shape index (κ3) is 3.10. The quantitative estimate of drug-likeness (QED) is 0.711. The van der Waals surface area contributed by atoms with Gasteiger partial charge in [0.2, 0.25) is 0 Å². The van der Waals surface area contributed by atoms with Gasteiger partial charge in [0.05, 0.1) is 5.69 Å². The molecule has 1 fully saturated rings. The second kappa shape index (κ2) is 6.64. The lowest BCUT2D eigenvalue weighted by atomic mass is 9.95. The molecule has 3 aromatic rings. The van der Waals surface area contributed by atoms with Crippen LogP contribution in [0.2, 0.25) is 0 Å². The molecular formula is C20H21F2N5. The first kappa shape index (κ1) is 16.7. The molecule has 1 aliphatic heterocycles. The highest BCUT2D eigenvalue weighted by atomic mass is 19.1. The van der Waals surface area contributed by atoms with Crippen LogP contribution in [0.5, 0.6) is 0 Å². The van der Waals surface area contributed by atoms with Gasteiger partial charge in [0, 0.05) is 18.0 Å². The number of hydrogen-bond acceptors (Lipinski definition) is 4. The fourth-order valence-electron chi connectivity index (χ4n) is 4.30. The summed E-state index contributed by atoms with van der Waals surface area (Å²) in [6.45, 7) is 2.07. The van der Waals surface area contributed by atoms with Crippen molar-refractivity contribution in [1.29, 1.82) is 0 Å². The second-order valence-corrected chi connectivity index (χ2v) is 7.58. The summed E-state index contributed by atoms with van der Waals surface area (Å²) in [6, 6.07) is 5.76. The first-order valence-electron chi connectivity index (χ1n) is 9.58. The molecule has 0 unspecified atom stereocenters. The number of fused-ring (bicyclic) bond motifs is 2. The molecular weight excluding hydrogens is 348 g/mol. The van der Waals surface area contributed by atoms with Crippen LogP contribution in [-0.4, -0.2) is 37.8 Å². The van der Waals surface area contributed by atoms with Gasteiger partial charge in [-0.25, -0.2) is 8.78 Å². The number of aromatic nitrogens is 4. The molecule has 2 aromatic heterocycles. The zero-order valence-electron chi connectivity index (χ0n) is 15.0. The van der Waals surface area contributed by atoms with Crippen molar-refractivity contribution in [3.05, 3.63) is 58.5 Å². The van der Waals surface area contributed by atoms with E-state index in [9.17, 15) is 8.78 Å². The molecule has 1 aliphatic carbocycles. The van der Waals surface area contributed by atoms with E-state index < -0.39 is 5.82 Å². The van der Waals surface area contributed by atoms with E-state index in [2.05, 4.69) is 21.2 Å². The standard InChI is InChI=1S/C20H21F2N5/c21-16-4-5-17(22)15(10-16)12-26-8-6-13(7-9-26)20-24-23-19-11-14-2-1-3-18(14)25-27(19)20/h4-5,10-11,13H,1-3,6-9,12H2. The molecule has 140 valence electrons. The van der Waals surface area contributed by atoms with Crippen LogP contribution < -0.4 is 0 Å². The number of likely N-dealkylation sites (tertiary alicyclic amines) is 1. The summed E-state index contributed by atoms with van der Waals surface area (Å²) in [5.74, 6) is 0.478. The average molecular weight is 369 g/mol. The Hall–Kier alpha value is -2.41. The van der Waals surface area contributed by atoms with Crippen molar-refractivity contribution in [2.75, 3.05) is 13.1 Å². The minimum absolute atomic E-state index is 0.292. The lowest BCUT2D eigenvalue weighted by Crippen LogP contribution is -2.33. The van der Waals surface area contributed by atoms with Crippen molar-refractivity contribution in [3.63, 3.8) is 0 Å². The lowest BCUT2D eigenvalue weighted by Gasteiger charge is -2.31. The summed E-state index contributed by atoms with van der Waals surface area (Å²) in [5, 5.41) is 13.5. The van der Waals surface area contributed by atoms with Gasteiger partial charge in [-0.15, -0.1) is 10.2 Å². The normalized spacial score (nSPS) is 18.3. The topological polar surface area (TPSA) is 46.3 Å². The smallest absolute Gasteiger partial charge is 0.178 e. The maximum Gasteiger partial charge on any atom is 0.178 e. The Bertz CT molecular complexity index is 991. The highest BCUT2D eigenvalue weighted by molar-refractivity contribution is 5.43. The van der Waals surface area contributed by atoms with E-state index in [0.29, 0.717) is 18.0 Å². The number of rotatable bonds is 3. The van der Waals surface area contributed by atoms with Crippen LogP contribution >= 0.6 is 0 Å². The Morgan fingerprint density at radius 3 is 2.74 bits per heavy atom. The highest BCUT2D eigenvalue weighted by Gasteiger charge is 2.26. The molecule has 5 rings (SSSR count). The molecule has 0 atom stereocenters. The molecule has 0 bridgehead atoms. The van der Waals surface area contributed by atoms with Crippen LogP contribution in [0.25, 0.3) is 5.65 Å². The Morgan fingerprint density at radius 1 is 1.04 bits per heavy atom.